The Bertz CT molecular complexity index is 860. The first-order valence-corrected chi connectivity index (χ1v) is 10.5. The molecule has 0 atom stereocenters. The molecule has 2 heterocycles. The van der Waals surface area contributed by atoms with Crippen LogP contribution in [0.4, 0.5) is 5.69 Å². The summed E-state index contributed by atoms with van der Waals surface area (Å²) in [6, 6.07) is 3.45. The van der Waals surface area contributed by atoms with Gasteiger partial charge in [-0.15, -0.1) is 0 Å². The minimum Gasteiger partial charge on any atom is -0.421 e. The minimum absolute atomic E-state index is 0.248. The number of nitrogen functional groups attached to an aromatic ring is 1. The first-order valence-electron chi connectivity index (χ1n) is 9.70. The van der Waals surface area contributed by atoms with Crippen LogP contribution in [0.1, 0.15) is 53.2 Å². The van der Waals surface area contributed by atoms with E-state index in [-0.39, 0.29) is 22.8 Å². The minimum atomic E-state index is 0.248. The number of hydrogen-bond donors (Lipinski definition) is 1. The number of anilines is 1. The number of nitrogens with two attached hydrogens (primary N) is 1. The molecule has 2 aromatic rings. The van der Waals surface area contributed by atoms with Crippen LogP contribution in [-0.2, 0) is 0 Å². The molecular weight excluding hydrogens is 392 g/mol. The topological polar surface area (TPSA) is 61.0 Å². The highest BCUT2D eigenvalue weighted by Gasteiger charge is 2.48. The Morgan fingerprint density at radius 3 is 2.11 bits per heavy atom. The van der Waals surface area contributed by atoms with Crippen molar-refractivity contribution in [2.45, 2.75) is 60.1 Å². The number of aromatic nitrogens is 2. The molecule has 4 nitrogen and oxygen atoms in total. The molecule has 7 heteroatoms. The van der Waals surface area contributed by atoms with E-state index in [4.69, 9.17) is 38.7 Å². The summed E-state index contributed by atoms with van der Waals surface area (Å²) in [5.74, 6) is 0.577. The van der Waals surface area contributed by atoms with E-state index in [0.717, 1.165) is 18.3 Å². The summed E-state index contributed by atoms with van der Waals surface area (Å²) in [5, 5.41) is 0.672. The lowest BCUT2D eigenvalue weighted by Crippen LogP contribution is -2.33. The summed E-state index contributed by atoms with van der Waals surface area (Å²) >= 11 is 12.5. The Hall–Kier alpha value is -1.46. The van der Waals surface area contributed by atoms with Crippen LogP contribution < -0.4 is 15.9 Å². The number of benzene rings is 1. The van der Waals surface area contributed by atoms with Crippen molar-refractivity contribution in [1.82, 2.24) is 9.97 Å². The Balaban J connectivity index is 1.95. The third-order valence-corrected chi connectivity index (χ3v) is 6.93. The van der Waals surface area contributed by atoms with Gasteiger partial charge in [-0.3, -0.25) is 0 Å². The Kier molecular flexibility index (Phi) is 5.63. The molecule has 0 bridgehead atoms. The van der Waals surface area contributed by atoms with Gasteiger partial charge in [-0.2, -0.15) is 0 Å². The lowest BCUT2D eigenvalue weighted by Gasteiger charge is -2.35. The number of halogens is 2. The van der Waals surface area contributed by atoms with Gasteiger partial charge in [0.15, 0.2) is 12.5 Å². The molecule has 0 spiro atoms. The van der Waals surface area contributed by atoms with Crippen molar-refractivity contribution in [2.24, 2.45) is 10.8 Å². The van der Waals surface area contributed by atoms with E-state index in [0.29, 0.717) is 28.2 Å². The van der Waals surface area contributed by atoms with Crippen LogP contribution >= 0.6 is 23.2 Å². The van der Waals surface area contributed by atoms with Gasteiger partial charge in [0, 0.05) is 17.6 Å². The number of hydrogen-bond acceptors (Lipinski definition) is 4. The highest BCUT2D eigenvalue weighted by atomic mass is 35.5. The van der Waals surface area contributed by atoms with Gasteiger partial charge in [0.2, 0.25) is 0 Å². The molecule has 1 aromatic carbocycles. The Morgan fingerprint density at radius 1 is 1.07 bits per heavy atom. The van der Waals surface area contributed by atoms with Crippen LogP contribution in [0.2, 0.25) is 22.7 Å². The molecular formula is C21H28BCl2N3O. The number of rotatable bonds is 4. The van der Waals surface area contributed by atoms with Crippen LogP contribution in [0.25, 0.3) is 0 Å². The van der Waals surface area contributed by atoms with Gasteiger partial charge in [0.1, 0.15) is 0 Å². The summed E-state index contributed by atoms with van der Waals surface area (Å²) in [4.78, 5) is 9.21. The van der Waals surface area contributed by atoms with E-state index in [9.17, 15) is 0 Å². The van der Waals surface area contributed by atoms with E-state index in [1.54, 1.807) is 12.1 Å². The van der Waals surface area contributed by atoms with Gasteiger partial charge in [0.05, 0.1) is 10.0 Å². The van der Waals surface area contributed by atoms with E-state index >= 15 is 0 Å². The van der Waals surface area contributed by atoms with Crippen LogP contribution in [0, 0.1) is 10.8 Å². The lowest BCUT2D eigenvalue weighted by atomic mass is 9.41. The molecule has 1 saturated heterocycles. The predicted octanol–water partition coefficient (Wildman–Crippen LogP) is 6.05. The third-order valence-electron chi connectivity index (χ3n) is 6.37. The molecule has 28 heavy (non-hydrogen) atoms. The van der Waals surface area contributed by atoms with Crippen molar-refractivity contribution in [3.8, 4) is 11.8 Å². The van der Waals surface area contributed by atoms with Crippen LogP contribution in [0.15, 0.2) is 18.3 Å². The summed E-state index contributed by atoms with van der Waals surface area (Å²) < 4.78 is 5.84. The van der Waals surface area contributed by atoms with E-state index in [1.807, 2.05) is 6.20 Å². The monoisotopic (exact) mass is 419 g/mol. The third kappa shape index (κ3) is 3.97. The van der Waals surface area contributed by atoms with Crippen molar-refractivity contribution in [3.05, 3.63) is 34.1 Å². The van der Waals surface area contributed by atoms with Crippen LogP contribution in [0.3, 0.4) is 0 Å². The molecule has 3 rings (SSSR count). The summed E-state index contributed by atoms with van der Waals surface area (Å²) in [6.07, 6.45) is 4.16. The van der Waals surface area contributed by atoms with Crippen molar-refractivity contribution < 1.29 is 4.74 Å². The molecule has 0 unspecified atom stereocenters. The van der Waals surface area contributed by atoms with E-state index in [1.165, 1.54) is 5.46 Å². The van der Waals surface area contributed by atoms with E-state index < -0.39 is 0 Å². The fourth-order valence-electron chi connectivity index (χ4n) is 4.06. The number of ether oxygens (including phenoxy) is 1. The molecule has 1 aromatic heterocycles. The second-order valence-electron chi connectivity index (χ2n) is 9.44. The summed E-state index contributed by atoms with van der Waals surface area (Å²) in [5.41, 5.74) is 9.02. The van der Waals surface area contributed by atoms with Gasteiger partial charge in [-0.05, 0) is 34.3 Å². The highest BCUT2D eigenvalue weighted by Crippen LogP contribution is 2.52. The average molecular weight is 420 g/mol. The van der Waals surface area contributed by atoms with Crippen molar-refractivity contribution in [3.63, 3.8) is 0 Å². The zero-order valence-electron chi connectivity index (χ0n) is 17.4. The molecule has 1 aliphatic heterocycles. The lowest BCUT2D eigenvalue weighted by molar-refractivity contribution is 0.177. The second-order valence-corrected chi connectivity index (χ2v) is 10.3. The molecule has 0 amide bonds. The standard InChI is InChI=1S/C21H28BCl2N3O/c1-12(2)17-14(22-10-20(3,4)21(5,6)11-22)9-26-19(27-17)28-18-15(23)7-13(25)8-16(18)24/h7-9,12H,10-11,25H2,1-6H3. The van der Waals surface area contributed by atoms with Crippen molar-refractivity contribution in [2.75, 3.05) is 5.73 Å². The van der Waals surface area contributed by atoms with Crippen molar-refractivity contribution in [1.29, 1.82) is 0 Å². The van der Waals surface area contributed by atoms with Crippen molar-refractivity contribution >= 4 is 41.1 Å². The Morgan fingerprint density at radius 2 is 1.61 bits per heavy atom. The molecule has 1 aliphatic rings. The largest absolute Gasteiger partial charge is 0.421 e. The summed E-state index contributed by atoms with van der Waals surface area (Å²) in [6.45, 7) is 14.1. The molecule has 0 radical (unpaired) electrons. The highest BCUT2D eigenvalue weighted by molar-refractivity contribution is 6.74. The fourth-order valence-corrected chi connectivity index (χ4v) is 4.64. The average Bonchev–Trinajstić information content (AvgIpc) is 2.78. The van der Waals surface area contributed by atoms with Gasteiger partial charge < -0.3 is 10.5 Å². The number of nitrogens with zero attached hydrogens (tertiary/aromatic N) is 2. The van der Waals surface area contributed by atoms with Gasteiger partial charge in [-0.25, -0.2) is 9.97 Å². The maximum Gasteiger partial charge on any atom is 0.322 e. The normalized spacial score (nSPS) is 18.0. The fraction of sp³-hybridized carbons (Fsp3) is 0.524. The SMILES string of the molecule is CC(C)c1nc(Oc2c(Cl)cc(N)cc2Cl)ncc1B1CC(C)(C)C(C)(C)C1. The van der Waals surface area contributed by atoms with Gasteiger partial charge in [-0.1, -0.05) is 77.4 Å². The zero-order chi connectivity index (χ0) is 20.9. The molecule has 1 fully saturated rings. The van der Waals surface area contributed by atoms with Gasteiger partial charge >= 0.3 is 6.01 Å². The Labute approximate surface area is 178 Å². The quantitative estimate of drug-likeness (QED) is 0.483. The predicted molar refractivity (Wildman–Crippen MR) is 120 cm³/mol. The molecule has 0 aliphatic carbocycles. The van der Waals surface area contributed by atoms with Crippen LogP contribution in [-0.4, -0.2) is 16.7 Å². The smallest absolute Gasteiger partial charge is 0.322 e. The molecule has 0 saturated carbocycles. The second kappa shape index (κ2) is 7.42. The van der Waals surface area contributed by atoms with E-state index in [2.05, 4.69) is 46.5 Å². The van der Waals surface area contributed by atoms with Gasteiger partial charge in [0.25, 0.3) is 0 Å². The first kappa shape index (κ1) is 21.3. The molecule has 150 valence electrons. The summed E-state index contributed by atoms with van der Waals surface area (Å²) in [7, 11) is 0. The van der Waals surface area contributed by atoms with Crippen LogP contribution in [0.5, 0.6) is 11.8 Å². The first-order chi connectivity index (χ1) is 12.9. The molecule has 2 N–H and O–H groups in total. The maximum absolute atomic E-state index is 6.24. The maximum atomic E-state index is 6.24. The zero-order valence-corrected chi connectivity index (χ0v) is 18.9.